The van der Waals surface area contributed by atoms with Crippen molar-refractivity contribution >= 4 is 34.2 Å². The zero-order chi connectivity index (χ0) is 16.6. The van der Waals surface area contributed by atoms with Gasteiger partial charge in [0.1, 0.15) is 5.75 Å². The molecule has 1 N–H and O–H groups in total. The lowest BCUT2D eigenvalue weighted by atomic mass is 10.1. The van der Waals surface area contributed by atoms with Crippen LogP contribution in [-0.4, -0.2) is 13.0 Å². The molecule has 0 radical (unpaired) electrons. The quantitative estimate of drug-likeness (QED) is 0.738. The van der Waals surface area contributed by atoms with Crippen molar-refractivity contribution in [1.82, 2.24) is 0 Å². The number of furan rings is 1. The lowest BCUT2D eigenvalue weighted by Gasteiger charge is -2.10. The van der Waals surface area contributed by atoms with Crippen LogP contribution in [0.4, 0.5) is 5.69 Å². The van der Waals surface area contributed by atoms with Crippen molar-refractivity contribution in [1.29, 1.82) is 0 Å². The number of halogens is 1. The van der Waals surface area contributed by atoms with E-state index in [0.717, 1.165) is 16.5 Å². The minimum Gasteiger partial charge on any atom is -0.495 e. The summed E-state index contributed by atoms with van der Waals surface area (Å²) in [5, 5.41) is 4.16. The van der Waals surface area contributed by atoms with Gasteiger partial charge < -0.3 is 14.5 Å². The third-order valence-electron chi connectivity index (χ3n) is 3.73. The van der Waals surface area contributed by atoms with Crippen molar-refractivity contribution in [2.75, 3.05) is 12.4 Å². The molecule has 1 aromatic heterocycles. The number of amides is 1. The van der Waals surface area contributed by atoms with Gasteiger partial charge in [-0.15, -0.1) is 0 Å². The van der Waals surface area contributed by atoms with Gasteiger partial charge in [0.05, 0.1) is 17.8 Å². The van der Waals surface area contributed by atoms with E-state index in [9.17, 15) is 4.79 Å². The zero-order valence-corrected chi connectivity index (χ0v) is 13.8. The summed E-state index contributed by atoms with van der Waals surface area (Å²) < 4.78 is 11.0. The molecule has 0 fully saturated rings. The Morgan fingerprint density at radius 3 is 2.70 bits per heavy atom. The van der Waals surface area contributed by atoms with Gasteiger partial charge in [-0.3, -0.25) is 4.79 Å². The monoisotopic (exact) mass is 329 g/mol. The molecule has 2 aromatic carbocycles. The second kappa shape index (κ2) is 5.97. The number of carbonyl (C=O) groups is 1. The molecule has 0 atom stereocenters. The summed E-state index contributed by atoms with van der Waals surface area (Å²) in [5.41, 5.74) is 2.90. The molecule has 3 aromatic rings. The van der Waals surface area contributed by atoms with Crippen molar-refractivity contribution in [2.45, 2.75) is 13.8 Å². The smallest absolute Gasteiger partial charge is 0.291 e. The minimum atomic E-state index is -0.335. The molecule has 0 aliphatic heterocycles. The Morgan fingerprint density at radius 1 is 1.22 bits per heavy atom. The number of para-hydroxylation sites is 1. The van der Waals surface area contributed by atoms with Crippen LogP contribution >= 0.6 is 11.6 Å². The van der Waals surface area contributed by atoms with E-state index in [1.807, 2.05) is 44.2 Å². The van der Waals surface area contributed by atoms with Crippen molar-refractivity contribution in [3.05, 3.63) is 58.3 Å². The van der Waals surface area contributed by atoms with E-state index in [1.165, 1.54) is 0 Å². The van der Waals surface area contributed by atoms with Gasteiger partial charge in [-0.1, -0.05) is 29.8 Å². The molecule has 0 aliphatic carbocycles. The summed E-state index contributed by atoms with van der Waals surface area (Å²) in [5.74, 6) is 0.506. The molecule has 0 bridgehead atoms. The Kier molecular flexibility index (Phi) is 4.01. The highest BCUT2D eigenvalue weighted by Crippen LogP contribution is 2.32. The van der Waals surface area contributed by atoms with E-state index >= 15 is 0 Å². The van der Waals surface area contributed by atoms with Gasteiger partial charge in [0, 0.05) is 10.9 Å². The first kappa shape index (κ1) is 15.4. The fourth-order valence-electron chi connectivity index (χ4n) is 2.52. The zero-order valence-electron chi connectivity index (χ0n) is 13.1. The Hall–Kier alpha value is -2.46. The Bertz CT molecular complexity index is 899. The van der Waals surface area contributed by atoms with Crippen LogP contribution in [0.2, 0.25) is 5.02 Å². The van der Waals surface area contributed by atoms with E-state index in [-0.39, 0.29) is 11.7 Å². The number of anilines is 1. The first-order valence-electron chi connectivity index (χ1n) is 7.15. The number of hydrogen-bond donors (Lipinski definition) is 1. The number of nitrogens with one attached hydrogen (secondary N) is 1. The standard InChI is InChI=1S/C18H16ClNO3/c1-10-7-8-15(22-3)14(9-10)20-18(21)16-11(2)12-5-4-6-13(19)17(12)23-16/h4-9H,1-3H3,(H,20,21). The highest BCUT2D eigenvalue weighted by molar-refractivity contribution is 6.35. The highest BCUT2D eigenvalue weighted by Gasteiger charge is 2.20. The summed E-state index contributed by atoms with van der Waals surface area (Å²) >= 11 is 6.13. The number of methoxy groups -OCH3 is 1. The van der Waals surface area contributed by atoms with Crippen LogP contribution in [0.15, 0.2) is 40.8 Å². The molecule has 1 heterocycles. The SMILES string of the molecule is COc1ccc(C)cc1NC(=O)c1oc2c(Cl)cccc2c1C. The molecule has 23 heavy (non-hydrogen) atoms. The number of aryl methyl sites for hydroxylation is 2. The van der Waals surface area contributed by atoms with Gasteiger partial charge in [-0.05, 0) is 37.6 Å². The van der Waals surface area contributed by atoms with Gasteiger partial charge in [-0.25, -0.2) is 0 Å². The van der Waals surface area contributed by atoms with Gasteiger partial charge >= 0.3 is 0 Å². The van der Waals surface area contributed by atoms with Crippen LogP contribution in [0, 0.1) is 13.8 Å². The summed E-state index contributed by atoms with van der Waals surface area (Å²) in [6.45, 7) is 3.78. The van der Waals surface area contributed by atoms with Crippen LogP contribution in [0.3, 0.4) is 0 Å². The van der Waals surface area contributed by atoms with E-state index < -0.39 is 0 Å². The summed E-state index contributed by atoms with van der Waals surface area (Å²) in [7, 11) is 1.56. The molecule has 1 amide bonds. The lowest BCUT2D eigenvalue weighted by molar-refractivity contribution is 0.0997. The minimum absolute atomic E-state index is 0.247. The number of benzene rings is 2. The molecule has 4 nitrogen and oxygen atoms in total. The van der Waals surface area contributed by atoms with Crippen molar-refractivity contribution in [2.24, 2.45) is 0 Å². The molecule has 5 heteroatoms. The topological polar surface area (TPSA) is 51.5 Å². The average molecular weight is 330 g/mol. The van der Waals surface area contributed by atoms with Crippen molar-refractivity contribution in [3.8, 4) is 5.75 Å². The first-order chi connectivity index (χ1) is 11.0. The van der Waals surface area contributed by atoms with E-state index in [0.29, 0.717) is 22.0 Å². The third-order valence-corrected chi connectivity index (χ3v) is 4.02. The normalized spacial score (nSPS) is 10.8. The molecule has 0 unspecified atom stereocenters. The number of fused-ring (bicyclic) bond motifs is 1. The van der Waals surface area contributed by atoms with Gasteiger partial charge in [0.25, 0.3) is 5.91 Å². The fraction of sp³-hybridized carbons (Fsp3) is 0.167. The average Bonchev–Trinajstić information content (AvgIpc) is 2.86. The predicted octanol–water partition coefficient (Wildman–Crippen LogP) is 4.96. The molecular formula is C18H16ClNO3. The van der Waals surface area contributed by atoms with Crippen LogP contribution in [0.5, 0.6) is 5.75 Å². The molecule has 0 aliphatic rings. The van der Waals surface area contributed by atoms with Crippen LogP contribution in [0.25, 0.3) is 11.0 Å². The molecule has 0 saturated heterocycles. The molecule has 3 rings (SSSR count). The van der Waals surface area contributed by atoms with Gasteiger partial charge in [0.2, 0.25) is 0 Å². The Labute approximate surface area is 139 Å². The number of hydrogen-bond acceptors (Lipinski definition) is 3. The van der Waals surface area contributed by atoms with E-state index in [4.69, 9.17) is 20.8 Å². The van der Waals surface area contributed by atoms with Crippen molar-refractivity contribution in [3.63, 3.8) is 0 Å². The second-order valence-electron chi connectivity index (χ2n) is 5.33. The summed E-state index contributed by atoms with van der Waals surface area (Å²) in [4.78, 5) is 12.6. The molecule has 118 valence electrons. The lowest BCUT2D eigenvalue weighted by Crippen LogP contribution is -2.13. The number of ether oxygens (including phenoxy) is 1. The maximum absolute atomic E-state index is 12.6. The number of rotatable bonds is 3. The Morgan fingerprint density at radius 2 is 2.00 bits per heavy atom. The van der Waals surface area contributed by atoms with Crippen LogP contribution in [-0.2, 0) is 0 Å². The third kappa shape index (κ3) is 2.78. The van der Waals surface area contributed by atoms with E-state index in [1.54, 1.807) is 13.2 Å². The summed E-state index contributed by atoms with van der Waals surface area (Å²) in [6, 6.07) is 11.0. The Balaban J connectivity index is 2.00. The molecule has 0 spiro atoms. The fourth-order valence-corrected chi connectivity index (χ4v) is 2.74. The number of carbonyl (C=O) groups excluding carboxylic acids is 1. The predicted molar refractivity (Wildman–Crippen MR) is 91.6 cm³/mol. The van der Waals surface area contributed by atoms with E-state index in [2.05, 4.69) is 5.32 Å². The molecular weight excluding hydrogens is 314 g/mol. The first-order valence-corrected chi connectivity index (χ1v) is 7.52. The van der Waals surface area contributed by atoms with Crippen molar-refractivity contribution < 1.29 is 13.9 Å². The maximum Gasteiger partial charge on any atom is 0.291 e. The van der Waals surface area contributed by atoms with Crippen LogP contribution < -0.4 is 10.1 Å². The molecule has 0 saturated carbocycles. The van der Waals surface area contributed by atoms with Gasteiger partial charge in [0.15, 0.2) is 11.3 Å². The summed E-state index contributed by atoms with van der Waals surface area (Å²) in [6.07, 6.45) is 0. The van der Waals surface area contributed by atoms with Crippen LogP contribution in [0.1, 0.15) is 21.7 Å². The highest BCUT2D eigenvalue weighted by atomic mass is 35.5. The largest absolute Gasteiger partial charge is 0.495 e. The maximum atomic E-state index is 12.6. The van der Waals surface area contributed by atoms with Gasteiger partial charge in [-0.2, -0.15) is 0 Å². The second-order valence-corrected chi connectivity index (χ2v) is 5.74.